The minimum atomic E-state index is 0. The standard InChI is InChI=1S/C11H20N2O2.ClH/c1-8-6-13(7-9(2)15-8)11(14)10-3-4-12-5-10;/h8-10,12H,3-7H2,1-2H3;1H/t8?,9?,10-;/m1./s1. The number of hydrogen-bond donors (Lipinski definition) is 1. The van der Waals surface area contributed by atoms with Gasteiger partial charge < -0.3 is 15.0 Å². The molecule has 2 saturated heterocycles. The van der Waals surface area contributed by atoms with Crippen LogP contribution < -0.4 is 5.32 Å². The van der Waals surface area contributed by atoms with Crippen molar-refractivity contribution in [2.75, 3.05) is 26.2 Å². The van der Waals surface area contributed by atoms with E-state index < -0.39 is 0 Å². The normalized spacial score (nSPS) is 34.6. The number of carbonyl (C=O) groups is 1. The monoisotopic (exact) mass is 248 g/mol. The van der Waals surface area contributed by atoms with Gasteiger partial charge >= 0.3 is 0 Å². The van der Waals surface area contributed by atoms with Crippen molar-refractivity contribution >= 4 is 18.3 Å². The summed E-state index contributed by atoms with van der Waals surface area (Å²) in [6.45, 7) is 7.38. The fourth-order valence-corrected chi connectivity index (χ4v) is 2.48. The smallest absolute Gasteiger partial charge is 0.227 e. The number of nitrogens with one attached hydrogen (secondary N) is 1. The molecule has 0 spiro atoms. The van der Waals surface area contributed by atoms with Gasteiger partial charge in [-0.15, -0.1) is 12.4 Å². The molecule has 2 heterocycles. The zero-order valence-electron chi connectivity index (χ0n) is 9.94. The van der Waals surface area contributed by atoms with Crippen LogP contribution in [-0.2, 0) is 9.53 Å². The van der Waals surface area contributed by atoms with Gasteiger partial charge in [-0.25, -0.2) is 0 Å². The first kappa shape index (κ1) is 13.7. The second kappa shape index (κ2) is 5.84. The first-order chi connectivity index (χ1) is 7.16. The lowest BCUT2D eigenvalue weighted by Gasteiger charge is -2.36. The maximum Gasteiger partial charge on any atom is 0.227 e. The summed E-state index contributed by atoms with van der Waals surface area (Å²) in [5, 5.41) is 3.24. The molecule has 1 N–H and O–H groups in total. The van der Waals surface area contributed by atoms with Gasteiger partial charge in [-0.3, -0.25) is 4.79 Å². The zero-order valence-corrected chi connectivity index (χ0v) is 10.8. The van der Waals surface area contributed by atoms with Crippen molar-refractivity contribution in [1.29, 1.82) is 0 Å². The van der Waals surface area contributed by atoms with E-state index >= 15 is 0 Å². The molecule has 0 aliphatic carbocycles. The molecular weight excluding hydrogens is 228 g/mol. The molecule has 2 rings (SSSR count). The summed E-state index contributed by atoms with van der Waals surface area (Å²) in [4.78, 5) is 14.1. The fraction of sp³-hybridized carbons (Fsp3) is 0.909. The number of nitrogens with zero attached hydrogens (tertiary/aromatic N) is 1. The zero-order chi connectivity index (χ0) is 10.8. The summed E-state index contributed by atoms with van der Waals surface area (Å²) < 4.78 is 5.62. The van der Waals surface area contributed by atoms with E-state index in [0.717, 1.165) is 32.6 Å². The SMILES string of the molecule is CC1CN(C(=O)[C@@H]2CCNC2)CC(C)O1.Cl. The Hall–Kier alpha value is -0.320. The van der Waals surface area contributed by atoms with Gasteiger partial charge in [0.05, 0.1) is 18.1 Å². The first-order valence-corrected chi connectivity index (χ1v) is 5.82. The Morgan fingerprint density at radius 2 is 1.94 bits per heavy atom. The molecule has 1 amide bonds. The summed E-state index contributed by atoms with van der Waals surface area (Å²) in [6.07, 6.45) is 1.33. The molecule has 5 heteroatoms. The molecule has 0 aromatic rings. The van der Waals surface area contributed by atoms with E-state index in [1.54, 1.807) is 0 Å². The summed E-state index contributed by atoms with van der Waals surface area (Å²) >= 11 is 0. The summed E-state index contributed by atoms with van der Waals surface area (Å²) in [5.41, 5.74) is 0. The van der Waals surface area contributed by atoms with Crippen LogP contribution in [0.2, 0.25) is 0 Å². The summed E-state index contributed by atoms with van der Waals surface area (Å²) in [7, 11) is 0. The maximum atomic E-state index is 12.1. The molecular formula is C11H21ClN2O2. The number of ether oxygens (including phenoxy) is 1. The third kappa shape index (κ3) is 3.09. The van der Waals surface area contributed by atoms with E-state index in [2.05, 4.69) is 5.32 Å². The molecule has 2 fully saturated rings. The van der Waals surface area contributed by atoms with Crippen molar-refractivity contribution in [3.63, 3.8) is 0 Å². The highest BCUT2D eigenvalue weighted by atomic mass is 35.5. The largest absolute Gasteiger partial charge is 0.372 e. The highest BCUT2D eigenvalue weighted by Gasteiger charge is 2.31. The van der Waals surface area contributed by atoms with Gasteiger partial charge in [0, 0.05) is 19.6 Å². The van der Waals surface area contributed by atoms with Crippen molar-refractivity contribution in [1.82, 2.24) is 10.2 Å². The van der Waals surface area contributed by atoms with E-state index in [4.69, 9.17) is 4.74 Å². The molecule has 3 atom stereocenters. The highest BCUT2D eigenvalue weighted by Crippen LogP contribution is 2.17. The van der Waals surface area contributed by atoms with Crippen LogP contribution >= 0.6 is 12.4 Å². The average molecular weight is 249 g/mol. The van der Waals surface area contributed by atoms with E-state index in [9.17, 15) is 4.79 Å². The number of amides is 1. The second-order valence-corrected chi connectivity index (χ2v) is 4.69. The Kier molecular flexibility index (Phi) is 5.02. The van der Waals surface area contributed by atoms with Crippen molar-refractivity contribution in [3.05, 3.63) is 0 Å². The van der Waals surface area contributed by atoms with Gasteiger partial charge in [-0.05, 0) is 26.8 Å². The Balaban J connectivity index is 0.00000128. The van der Waals surface area contributed by atoms with E-state index in [1.807, 2.05) is 18.7 Å². The minimum Gasteiger partial charge on any atom is -0.372 e. The predicted molar refractivity (Wildman–Crippen MR) is 64.8 cm³/mol. The Labute approximate surface area is 103 Å². The Morgan fingerprint density at radius 1 is 1.31 bits per heavy atom. The third-order valence-electron chi connectivity index (χ3n) is 3.14. The predicted octanol–water partition coefficient (Wildman–Crippen LogP) is 0.654. The molecule has 4 nitrogen and oxygen atoms in total. The molecule has 0 aromatic heterocycles. The number of carbonyl (C=O) groups excluding carboxylic acids is 1. The van der Waals surface area contributed by atoms with Crippen LogP contribution in [0.15, 0.2) is 0 Å². The maximum absolute atomic E-state index is 12.1. The Morgan fingerprint density at radius 3 is 2.44 bits per heavy atom. The third-order valence-corrected chi connectivity index (χ3v) is 3.14. The summed E-state index contributed by atoms with van der Waals surface area (Å²) in [6, 6.07) is 0. The Bertz CT molecular complexity index is 234. The topological polar surface area (TPSA) is 41.6 Å². The van der Waals surface area contributed by atoms with Crippen LogP contribution in [-0.4, -0.2) is 49.2 Å². The lowest BCUT2D eigenvalue weighted by molar-refractivity contribution is -0.146. The average Bonchev–Trinajstić information content (AvgIpc) is 2.67. The lowest BCUT2D eigenvalue weighted by Crippen LogP contribution is -2.50. The first-order valence-electron chi connectivity index (χ1n) is 5.82. The van der Waals surface area contributed by atoms with Crippen molar-refractivity contribution in [2.24, 2.45) is 5.92 Å². The van der Waals surface area contributed by atoms with Crippen molar-refractivity contribution in [3.8, 4) is 0 Å². The lowest BCUT2D eigenvalue weighted by atomic mass is 10.1. The number of morpholine rings is 1. The molecule has 94 valence electrons. The number of hydrogen-bond acceptors (Lipinski definition) is 3. The van der Waals surface area contributed by atoms with E-state index in [0.29, 0.717) is 5.91 Å². The van der Waals surface area contributed by atoms with Crippen LogP contribution in [0.5, 0.6) is 0 Å². The van der Waals surface area contributed by atoms with Crippen LogP contribution in [0.25, 0.3) is 0 Å². The molecule has 16 heavy (non-hydrogen) atoms. The molecule has 0 bridgehead atoms. The molecule has 0 saturated carbocycles. The molecule has 2 unspecified atom stereocenters. The van der Waals surface area contributed by atoms with Gasteiger partial charge in [0.1, 0.15) is 0 Å². The molecule has 0 radical (unpaired) electrons. The second-order valence-electron chi connectivity index (χ2n) is 4.69. The van der Waals surface area contributed by atoms with Crippen LogP contribution in [0.4, 0.5) is 0 Å². The minimum absolute atomic E-state index is 0. The van der Waals surface area contributed by atoms with Crippen LogP contribution in [0.3, 0.4) is 0 Å². The quantitative estimate of drug-likeness (QED) is 0.741. The van der Waals surface area contributed by atoms with Crippen LogP contribution in [0.1, 0.15) is 20.3 Å². The molecule has 2 aliphatic rings. The van der Waals surface area contributed by atoms with Gasteiger partial charge in [-0.1, -0.05) is 0 Å². The van der Waals surface area contributed by atoms with Gasteiger partial charge in [0.15, 0.2) is 0 Å². The van der Waals surface area contributed by atoms with E-state index in [-0.39, 0.29) is 30.5 Å². The fourth-order valence-electron chi connectivity index (χ4n) is 2.48. The summed E-state index contributed by atoms with van der Waals surface area (Å²) in [5.74, 6) is 0.504. The number of rotatable bonds is 1. The number of halogens is 1. The van der Waals surface area contributed by atoms with Gasteiger partial charge in [0.2, 0.25) is 5.91 Å². The molecule has 0 aromatic carbocycles. The van der Waals surface area contributed by atoms with Crippen molar-refractivity contribution < 1.29 is 9.53 Å². The van der Waals surface area contributed by atoms with Crippen LogP contribution in [0, 0.1) is 5.92 Å². The van der Waals surface area contributed by atoms with E-state index in [1.165, 1.54) is 0 Å². The van der Waals surface area contributed by atoms with Gasteiger partial charge in [-0.2, -0.15) is 0 Å². The van der Waals surface area contributed by atoms with Gasteiger partial charge in [0.25, 0.3) is 0 Å². The molecule has 2 aliphatic heterocycles. The highest BCUT2D eigenvalue weighted by molar-refractivity contribution is 5.85. The van der Waals surface area contributed by atoms with Crippen molar-refractivity contribution in [2.45, 2.75) is 32.5 Å².